The highest BCUT2D eigenvalue weighted by atomic mass is 32.1. The highest BCUT2D eigenvalue weighted by Gasteiger charge is 2.20. The standard InChI is InChI=1S/C18H26N6OS/c1-3-19-17(24-12-10-23(11-13-24)14(2)25)20-8-9-21-18-22-15-6-4-5-7-16(15)26-18/h4-7H,3,8-13H2,1-2H3,(H,19,20)(H,21,22). The number of nitrogens with zero attached hydrogens (tertiary/aromatic N) is 4. The SMILES string of the molecule is CCNC(=NCCNc1nc2ccccc2s1)N1CCN(C(C)=O)CC1. The lowest BCUT2D eigenvalue weighted by molar-refractivity contribution is -0.130. The number of piperazine rings is 1. The maximum Gasteiger partial charge on any atom is 0.219 e. The zero-order valence-corrected chi connectivity index (χ0v) is 16.2. The van der Waals surface area contributed by atoms with Crippen LogP contribution < -0.4 is 10.6 Å². The molecule has 1 saturated heterocycles. The second-order valence-electron chi connectivity index (χ2n) is 6.14. The summed E-state index contributed by atoms with van der Waals surface area (Å²) in [4.78, 5) is 24.9. The second kappa shape index (κ2) is 8.84. The first kappa shape index (κ1) is 18.4. The number of nitrogens with one attached hydrogen (secondary N) is 2. The van der Waals surface area contributed by atoms with E-state index in [1.165, 1.54) is 4.70 Å². The van der Waals surface area contributed by atoms with Crippen LogP contribution >= 0.6 is 11.3 Å². The van der Waals surface area contributed by atoms with E-state index in [2.05, 4.69) is 33.5 Å². The molecule has 0 aliphatic carbocycles. The quantitative estimate of drug-likeness (QED) is 0.475. The van der Waals surface area contributed by atoms with Crippen molar-refractivity contribution in [2.24, 2.45) is 4.99 Å². The van der Waals surface area contributed by atoms with Crippen molar-refractivity contribution in [2.75, 3.05) is 51.1 Å². The van der Waals surface area contributed by atoms with Gasteiger partial charge in [-0.15, -0.1) is 0 Å². The molecule has 1 amide bonds. The van der Waals surface area contributed by atoms with Crippen LogP contribution in [0.4, 0.5) is 5.13 Å². The molecule has 0 bridgehead atoms. The van der Waals surface area contributed by atoms with Gasteiger partial charge in [0, 0.05) is 46.2 Å². The smallest absolute Gasteiger partial charge is 0.219 e. The number of para-hydroxylation sites is 1. The lowest BCUT2D eigenvalue weighted by atomic mass is 10.3. The Hall–Kier alpha value is -2.35. The molecule has 0 radical (unpaired) electrons. The number of benzene rings is 1. The summed E-state index contributed by atoms with van der Waals surface area (Å²) < 4.78 is 1.19. The summed E-state index contributed by atoms with van der Waals surface area (Å²) in [5.41, 5.74) is 1.03. The first-order chi connectivity index (χ1) is 12.7. The Morgan fingerprint density at radius 3 is 2.65 bits per heavy atom. The number of anilines is 1. The number of aliphatic imine (C=N–C) groups is 1. The van der Waals surface area contributed by atoms with Gasteiger partial charge in [-0.05, 0) is 19.1 Å². The van der Waals surface area contributed by atoms with Gasteiger partial charge in [0.2, 0.25) is 5.91 Å². The first-order valence-corrected chi connectivity index (χ1v) is 9.87. The van der Waals surface area contributed by atoms with Crippen LogP contribution in [0.25, 0.3) is 10.2 Å². The molecule has 2 heterocycles. The molecule has 1 aromatic heterocycles. The number of aromatic nitrogens is 1. The highest BCUT2D eigenvalue weighted by Crippen LogP contribution is 2.24. The lowest BCUT2D eigenvalue weighted by Crippen LogP contribution is -2.53. The van der Waals surface area contributed by atoms with Gasteiger partial charge >= 0.3 is 0 Å². The normalized spacial score (nSPS) is 15.4. The lowest BCUT2D eigenvalue weighted by Gasteiger charge is -2.36. The summed E-state index contributed by atoms with van der Waals surface area (Å²) in [6.45, 7) is 9.08. The molecule has 1 aliphatic heterocycles. The number of rotatable bonds is 5. The van der Waals surface area contributed by atoms with E-state index in [0.717, 1.165) is 55.9 Å². The van der Waals surface area contributed by atoms with Gasteiger partial charge < -0.3 is 20.4 Å². The van der Waals surface area contributed by atoms with Gasteiger partial charge in [-0.3, -0.25) is 9.79 Å². The summed E-state index contributed by atoms with van der Waals surface area (Å²) in [7, 11) is 0. The van der Waals surface area contributed by atoms with E-state index >= 15 is 0 Å². The van der Waals surface area contributed by atoms with Crippen LogP contribution in [0, 0.1) is 0 Å². The van der Waals surface area contributed by atoms with E-state index in [0.29, 0.717) is 6.54 Å². The Morgan fingerprint density at radius 2 is 1.96 bits per heavy atom. The molecule has 3 rings (SSSR count). The molecular formula is C18H26N6OS. The van der Waals surface area contributed by atoms with Crippen molar-refractivity contribution in [3.8, 4) is 0 Å². The van der Waals surface area contributed by atoms with Crippen LogP contribution in [0.3, 0.4) is 0 Å². The van der Waals surface area contributed by atoms with Gasteiger partial charge in [-0.1, -0.05) is 23.5 Å². The van der Waals surface area contributed by atoms with Crippen LogP contribution in [0.15, 0.2) is 29.3 Å². The molecular weight excluding hydrogens is 348 g/mol. The maximum absolute atomic E-state index is 11.5. The Bertz CT molecular complexity index is 733. The number of hydrogen-bond donors (Lipinski definition) is 2. The third-order valence-electron chi connectivity index (χ3n) is 4.30. The second-order valence-corrected chi connectivity index (χ2v) is 7.17. The van der Waals surface area contributed by atoms with Crippen LogP contribution in [-0.2, 0) is 4.79 Å². The van der Waals surface area contributed by atoms with Gasteiger partial charge in [-0.2, -0.15) is 0 Å². The Labute approximate surface area is 158 Å². The van der Waals surface area contributed by atoms with Crippen molar-refractivity contribution < 1.29 is 4.79 Å². The fraction of sp³-hybridized carbons (Fsp3) is 0.500. The van der Waals surface area contributed by atoms with Crippen molar-refractivity contribution in [2.45, 2.75) is 13.8 Å². The first-order valence-electron chi connectivity index (χ1n) is 9.05. The molecule has 1 aliphatic rings. The minimum Gasteiger partial charge on any atom is -0.360 e. The minimum absolute atomic E-state index is 0.145. The average Bonchev–Trinajstić information content (AvgIpc) is 3.07. The summed E-state index contributed by atoms with van der Waals surface area (Å²) >= 11 is 1.66. The number of fused-ring (bicyclic) bond motifs is 1. The maximum atomic E-state index is 11.5. The molecule has 2 N–H and O–H groups in total. The van der Waals surface area contributed by atoms with Gasteiger partial charge in [0.1, 0.15) is 0 Å². The number of carbonyl (C=O) groups is 1. The van der Waals surface area contributed by atoms with Crippen LogP contribution in [0.5, 0.6) is 0 Å². The summed E-state index contributed by atoms with van der Waals surface area (Å²) in [6, 6.07) is 8.15. The molecule has 8 heteroatoms. The fourth-order valence-corrected chi connectivity index (χ4v) is 3.82. The van der Waals surface area contributed by atoms with Crippen LogP contribution in [0.1, 0.15) is 13.8 Å². The number of thiazole rings is 1. The summed E-state index contributed by atoms with van der Waals surface area (Å²) in [5.74, 6) is 1.06. The highest BCUT2D eigenvalue weighted by molar-refractivity contribution is 7.22. The Morgan fingerprint density at radius 1 is 1.23 bits per heavy atom. The van der Waals surface area contributed by atoms with E-state index in [1.54, 1.807) is 18.3 Å². The molecule has 0 saturated carbocycles. The van der Waals surface area contributed by atoms with Crippen molar-refractivity contribution in [1.29, 1.82) is 0 Å². The van der Waals surface area contributed by atoms with Gasteiger partial charge in [-0.25, -0.2) is 4.98 Å². The summed E-state index contributed by atoms with van der Waals surface area (Å²) in [6.07, 6.45) is 0. The molecule has 26 heavy (non-hydrogen) atoms. The van der Waals surface area contributed by atoms with E-state index in [1.807, 2.05) is 23.1 Å². The molecule has 140 valence electrons. The van der Waals surface area contributed by atoms with Crippen LogP contribution in [-0.4, -0.2) is 72.5 Å². The van der Waals surface area contributed by atoms with Crippen molar-refractivity contribution in [3.63, 3.8) is 0 Å². The minimum atomic E-state index is 0.145. The number of guanidine groups is 1. The molecule has 7 nitrogen and oxygen atoms in total. The average molecular weight is 375 g/mol. The van der Waals surface area contributed by atoms with Crippen LogP contribution in [0.2, 0.25) is 0 Å². The van der Waals surface area contributed by atoms with Crippen molar-refractivity contribution >= 4 is 38.6 Å². The molecule has 1 fully saturated rings. The number of amides is 1. The molecule has 0 spiro atoms. The Kier molecular flexibility index (Phi) is 6.27. The van der Waals surface area contributed by atoms with Crippen molar-refractivity contribution in [3.05, 3.63) is 24.3 Å². The molecule has 1 aromatic carbocycles. The van der Waals surface area contributed by atoms with E-state index in [9.17, 15) is 4.79 Å². The van der Waals surface area contributed by atoms with Gasteiger partial charge in [0.25, 0.3) is 0 Å². The number of hydrogen-bond acceptors (Lipinski definition) is 5. The molecule has 0 unspecified atom stereocenters. The molecule has 2 aromatic rings. The molecule has 0 atom stereocenters. The Balaban J connectivity index is 1.51. The largest absolute Gasteiger partial charge is 0.360 e. The van der Waals surface area contributed by atoms with E-state index in [4.69, 9.17) is 4.99 Å². The predicted molar refractivity (Wildman–Crippen MR) is 108 cm³/mol. The monoisotopic (exact) mass is 374 g/mol. The third kappa shape index (κ3) is 4.63. The van der Waals surface area contributed by atoms with Crippen molar-refractivity contribution in [1.82, 2.24) is 20.1 Å². The number of carbonyl (C=O) groups excluding carboxylic acids is 1. The zero-order valence-electron chi connectivity index (χ0n) is 15.4. The van der Waals surface area contributed by atoms with Gasteiger partial charge in [0.05, 0.1) is 16.8 Å². The zero-order chi connectivity index (χ0) is 18.4. The van der Waals surface area contributed by atoms with Gasteiger partial charge in [0.15, 0.2) is 11.1 Å². The predicted octanol–water partition coefficient (Wildman–Crippen LogP) is 1.84. The van der Waals surface area contributed by atoms with E-state index in [-0.39, 0.29) is 5.91 Å². The fourth-order valence-electron chi connectivity index (χ4n) is 2.93. The topological polar surface area (TPSA) is 72.9 Å². The third-order valence-corrected chi connectivity index (χ3v) is 5.30. The van der Waals surface area contributed by atoms with E-state index < -0.39 is 0 Å². The summed E-state index contributed by atoms with van der Waals surface area (Å²) in [5, 5.41) is 7.64.